The first-order valence-corrected chi connectivity index (χ1v) is 11.1. The second kappa shape index (κ2) is 9.11. The van der Waals surface area contributed by atoms with Gasteiger partial charge in [0.05, 0.1) is 34.3 Å². The minimum absolute atomic E-state index is 0.189. The van der Waals surface area contributed by atoms with Gasteiger partial charge in [-0.3, -0.25) is 10.1 Å². The largest absolute Gasteiger partial charge is 0.391 e. The molecule has 0 aliphatic carbocycles. The number of amides is 1. The zero-order chi connectivity index (χ0) is 22.1. The van der Waals surface area contributed by atoms with Gasteiger partial charge in [0.2, 0.25) is 5.91 Å². The van der Waals surface area contributed by atoms with Gasteiger partial charge in [0.15, 0.2) is 0 Å². The molecule has 1 aliphatic rings. The Morgan fingerprint density at radius 2 is 2.03 bits per heavy atom. The number of nitrogens with one attached hydrogen (secondary N) is 1. The van der Waals surface area contributed by atoms with Gasteiger partial charge < -0.3 is 20.8 Å². The molecule has 1 saturated heterocycles. The maximum atomic E-state index is 12.9. The Labute approximate surface area is 181 Å². The highest BCUT2D eigenvalue weighted by molar-refractivity contribution is 7.13. The Kier molecular flexibility index (Phi) is 6.94. The molecule has 164 valence electrons. The van der Waals surface area contributed by atoms with E-state index < -0.39 is 29.8 Å². The van der Waals surface area contributed by atoms with Crippen LogP contribution in [0.1, 0.15) is 38.4 Å². The lowest BCUT2D eigenvalue weighted by Gasteiger charge is -2.34. The third kappa shape index (κ3) is 5.07. The molecule has 1 aromatic heterocycles. The van der Waals surface area contributed by atoms with E-state index >= 15 is 0 Å². The Bertz CT molecular complexity index is 862. The normalized spacial score (nSPS) is 21.6. The van der Waals surface area contributed by atoms with Crippen LogP contribution in [0.25, 0.3) is 10.4 Å². The number of benzene rings is 1. The van der Waals surface area contributed by atoms with E-state index in [4.69, 9.17) is 5.73 Å². The molecule has 1 fully saturated rings. The van der Waals surface area contributed by atoms with Gasteiger partial charge in [-0.15, -0.1) is 11.3 Å². The fourth-order valence-electron chi connectivity index (χ4n) is 3.66. The topological polar surface area (TPSA) is 112 Å². The van der Waals surface area contributed by atoms with E-state index in [9.17, 15) is 15.0 Å². The lowest BCUT2D eigenvalue weighted by molar-refractivity contribution is -0.138. The second-order valence-corrected chi connectivity index (χ2v) is 9.94. The number of likely N-dealkylation sites (tertiary alicyclic amines) is 1. The van der Waals surface area contributed by atoms with E-state index in [0.717, 1.165) is 21.7 Å². The zero-order valence-corrected chi connectivity index (χ0v) is 18.8. The van der Waals surface area contributed by atoms with Crippen molar-refractivity contribution in [3.8, 4) is 10.4 Å². The molecule has 5 N–H and O–H groups in total. The molecule has 8 heteroatoms. The Hall–Kier alpha value is -1.84. The Morgan fingerprint density at radius 3 is 2.60 bits per heavy atom. The predicted molar refractivity (Wildman–Crippen MR) is 119 cm³/mol. The third-order valence-electron chi connectivity index (χ3n) is 5.64. The van der Waals surface area contributed by atoms with Crippen LogP contribution in [-0.2, 0) is 11.3 Å². The molecule has 1 aliphatic heterocycles. The van der Waals surface area contributed by atoms with E-state index in [-0.39, 0.29) is 12.5 Å². The average Bonchev–Trinajstić information content (AvgIpc) is 3.30. The smallest absolute Gasteiger partial charge is 0.240 e. The zero-order valence-electron chi connectivity index (χ0n) is 18.0. The molecule has 0 bridgehead atoms. The number of nitrogens with two attached hydrogens (primary N) is 1. The standard InChI is InChI=1S/C22H32N4O3S/c1-13-18(30-12-25-13)15-7-5-14(6-8-15)10-24-20(28)17-9-16(27)11-26(17)21(29)19(23)22(2,3)4/h5-8,12,16-17,19-20,24,27-28H,9-11,23H2,1-4H3/t16-,17?,19-,20+/m1/s1. The van der Waals surface area contributed by atoms with Crippen molar-refractivity contribution in [2.75, 3.05) is 6.54 Å². The van der Waals surface area contributed by atoms with Crippen molar-refractivity contribution >= 4 is 17.2 Å². The number of rotatable bonds is 6. The van der Waals surface area contributed by atoms with Crippen molar-refractivity contribution in [3.05, 3.63) is 41.0 Å². The molecule has 1 amide bonds. The fraction of sp³-hybridized carbons (Fsp3) is 0.545. The monoisotopic (exact) mass is 432 g/mol. The maximum absolute atomic E-state index is 12.9. The van der Waals surface area contributed by atoms with Gasteiger partial charge in [-0.1, -0.05) is 45.0 Å². The number of aryl methyl sites for hydroxylation is 1. The van der Waals surface area contributed by atoms with Gasteiger partial charge in [-0.2, -0.15) is 0 Å². The van der Waals surface area contributed by atoms with E-state index in [1.54, 1.807) is 11.3 Å². The summed E-state index contributed by atoms with van der Waals surface area (Å²) < 4.78 is 0. The van der Waals surface area contributed by atoms with Crippen LogP contribution < -0.4 is 11.1 Å². The summed E-state index contributed by atoms with van der Waals surface area (Å²) in [6.07, 6.45) is -1.30. The summed E-state index contributed by atoms with van der Waals surface area (Å²) in [5, 5.41) is 23.9. The summed E-state index contributed by atoms with van der Waals surface area (Å²) >= 11 is 1.61. The van der Waals surface area contributed by atoms with E-state index in [1.807, 2.05) is 57.5 Å². The predicted octanol–water partition coefficient (Wildman–Crippen LogP) is 1.86. The molecule has 7 nitrogen and oxygen atoms in total. The number of carbonyl (C=O) groups excluding carboxylic acids is 1. The lowest BCUT2D eigenvalue weighted by Crippen LogP contribution is -2.56. The molecule has 3 rings (SSSR count). The van der Waals surface area contributed by atoms with Crippen molar-refractivity contribution in [1.29, 1.82) is 0 Å². The van der Waals surface area contributed by atoms with Crippen LogP contribution in [-0.4, -0.2) is 57.0 Å². The summed E-state index contributed by atoms with van der Waals surface area (Å²) in [6, 6.07) is 6.90. The number of thiazole rings is 1. The SMILES string of the molecule is Cc1ncsc1-c1ccc(CN[C@@H](O)C2C[C@@H](O)CN2C(=O)[C@@H](N)C(C)(C)C)cc1. The van der Waals surface area contributed by atoms with Crippen molar-refractivity contribution < 1.29 is 15.0 Å². The van der Waals surface area contributed by atoms with Crippen LogP contribution in [0.15, 0.2) is 29.8 Å². The highest BCUT2D eigenvalue weighted by Gasteiger charge is 2.42. The van der Waals surface area contributed by atoms with Crippen LogP contribution in [0.3, 0.4) is 0 Å². The molecule has 1 aromatic carbocycles. The van der Waals surface area contributed by atoms with Crippen molar-refractivity contribution in [2.45, 2.75) is 65.1 Å². The quantitative estimate of drug-likeness (QED) is 0.519. The number of aliphatic hydroxyl groups is 2. The first-order valence-electron chi connectivity index (χ1n) is 10.2. The summed E-state index contributed by atoms with van der Waals surface area (Å²) in [4.78, 5) is 19.8. The van der Waals surface area contributed by atoms with Crippen LogP contribution in [0, 0.1) is 12.3 Å². The summed E-state index contributed by atoms with van der Waals surface area (Å²) in [7, 11) is 0. The second-order valence-electron chi connectivity index (χ2n) is 9.08. The van der Waals surface area contributed by atoms with Crippen LogP contribution >= 0.6 is 11.3 Å². The van der Waals surface area contributed by atoms with Gasteiger partial charge in [-0.25, -0.2) is 4.98 Å². The Morgan fingerprint density at radius 1 is 1.37 bits per heavy atom. The van der Waals surface area contributed by atoms with Crippen LogP contribution in [0.4, 0.5) is 0 Å². The molecule has 0 spiro atoms. The van der Waals surface area contributed by atoms with E-state index in [2.05, 4.69) is 10.3 Å². The molecule has 1 unspecified atom stereocenters. The molecular weight excluding hydrogens is 400 g/mol. The lowest BCUT2D eigenvalue weighted by atomic mass is 9.86. The van der Waals surface area contributed by atoms with Gasteiger partial charge in [0.25, 0.3) is 0 Å². The molecule has 0 saturated carbocycles. The van der Waals surface area contributed by atoms with Gasteiger partial charge in [0.1, 0.15) is 6.23 Å². The van der Waals surface area contributed by atoms with Crippen LogP contribution in [0.5, 0.6) is 0 Å². The minimum atomic E-state index is -0.957. The van der Waals surface area contributed by atoms with Gasteiger partial charge in [0, 0.05) is 13.1 Å². The molecule has 4 atom stereocenters. The van der Waals surface area contributed by atoms with Gasteiger partial charge in [-0.05, 0) is 29.9 Å². The number of β-amino-alcohol motifs (C(OH)–C–C–N with tert-alkyl or cyclic N) is 1. The van der Waals surface area contributed by atoms with Crippen LogP contribution in [0.2, 0.25) is 0 Å². The summed E-state index contributed by atoms with van der Waals surface area (Å²) in [5.74, 6) is -0.241. The molecule has 2 heterocycles. The van der Waals surface area contributed by atoms with Gasteiger partial charge >= 0.3 is 0 Å². The Balaban J connectivity index is 1.62. The maximum Gasteiger partial charge on any atom is 0.240 e. The number of hydrogen-bond acceptors (Lipinski definition) is 7. The van der Waals surface area contributed by atoms with Crippen molar-refractivity contribution in [2.24, 2.45) is 11.1 Å². The summed E-state index contributed by atoms with van der Waals surface area (Å²) in [5.41, 5.74) is 10.7. The third-order valence-corrected chi connectivity index (χ3v) is 6.62. The number of aromatic nitrogens is 1. The first-order chi connectivity index (χ1) is 14.1. The number of carbonyl (C=O) groups is 1. The molecule has 2 aromatic rings. The molecule has 0 radical (unpaired) electrons. The van der Waals surface area contributed by atoms with Crippen molar-refractivity contribution in [1.82, 2.24) is 15.2 Å². The van der Waals surface area contributed by atoms with Crippen molar-refractivity contribution in [3.63, 3.8) is 0 Å². The molecular formula is C22H32N4O3S. The summed E-state index contributed by atoms with van der Waals surface area (Å²) in [6.45, 7) is 8.35. The number of aliphatic hydroxyl groups excluding tert-OH is 2. The molecule has 30 heavy (non-hydrogen) atoms. The average molecular weight is 433 g/mol. The number of nitrogens with zero attached hydrogens (tertiary/aromatic N) is 2. The van der Waals surface area contributed by atoms with E-state index in [0.29, 0.717) is 13.0 Å². The first kappa shape index (κ1) is 22.8. The fourth-order valence-corrected chi connectivity index (χ4v) is 4.47. The highest BCUT2D eigenvalue weighted by Crippen LogP contribution is 2.28. The number of hydrogen-bond donors (Lipinski definition) is 4. The minimum Gasteiger partial charge on any atom is -0.391 e. The highest BCUT2D eigenvalue weighted by atomic mass is 32.1. The van der Waals surface area contributed by atoms with E-state index in [1.165, 1.54) is 4.90 Å².